The summed E-state index contributed by atoms with van der Waals surface area (Å²) >= 11 is 0. The quantitative estimate of drug-likeness (QED) is 0.729. The molecule has 0 aromatic rings. The second-order valence-corrected chi connectivity index (χ2v) is 4.28. The van der Waals surface area contributed by atoms with Crippen molar-refractivity contribution >= 4 is 0 Å². The van der Waals surface area contributed by atoms with Crippen LogP contribution in [0.2, 0.25) is 0 Å². The van der Waals surface area contributed by atoms with Gasteiger partial charge in [0.25, 0.3) is 0 Å². The molecule has 1 saturated carbocycles. The third-order valence-electron chi connectivity index (χ3n) is 3.52. The highest BCUT2D eigenvalue weighted by molar-refractivity contribution is 4.81. The van der Waals surface area contributed by atoms with Crippen LogP contribution in [0, 0.1) is 0 Å². The average molecular weight is 198 g/mol. The van der Waals surface area contributed by atoms with Crippen LogP contribution in [0.15, 0.2) is 0 Å². The van der Waals surface area contributed by atoms with E-state index >= 15 is 0 Å². The molecule has 2 heteroatoms. The molecule has 0 spiro atoms. The van der Waals surface area contributed by atoms with E-state index in [2.05, 4.69) is 31.0 Å². The van der Waals surface area contributed by atoms with Gasteiger partial charge in [0.15, 0.2) is 0 Å². The van der Waals surface area contributed by atoms with Crippen LogP contribution in [0.1, 0.15) is 46.5 Å². The molecule has 0 saturated heterocycles. The summed E-state index contributed by atoms with van der Waals surface area (Å²) in [5.41, 5.74) is 0. The third-order valence-corrected chi connectivity index (χ3v) is 3.52. The molecule has 0 aromatic heterocycles. The molecular weight excluding hydrogens is 172 g/mol. The number of hydrogen-bond acceptors (Lipinski definition) is 2. The lowest BCUT2D eigenvalue weighted by atomic mass is 9.90. The van der Waals surface area contributed by atoms with Gasteiger partial charge < -0.3 is 10.2 Å². The minimum atomic E-state index is 0.798. The minimum absolute atomic E-state index is 0.798. The number of hydrogen-bond donors (Lipinski definition) is 1. The largest absolute Gasteiger partial charge is 0.314 e. The normalized spacial score (nSPS) is 28.3. The molecule has 1 aliphatic carbocycles. The molecular formula is C12H26N2. The van der Waals surface area contributed by atoms with Crippen LogP contribution in [0.3, 0.4) is 0 Å². The summed E-state index contributed by atoms with van der Waals surface area (Å²) < 4.78 is 0. The van der Waals surface area contributed by atoms with Crippen LogP contribution < -0.4 is 5.32 Å². The highest BCUT2D eigenvalue weighted by atomic mass is 15.1. The van der Waals surface area contributed by atoms with Gasteiger partial charge in [-0.2, -0.15) is 0 Å². The van der Waals surface area contributed by atoms with Crippen LogP contribution in [0.5, 0.6) is 0 Å². The van der Waals surface area contributed by atoms with Crippen molar-refractivity contribution in [3.05, 3.63) is 0 Å². The zero-order valence-corrected chi connectivity index (χ0v) is 10.1. The lowest BCUT2D eigenvalue weighted by Crippen LogP contribution is -2.42. The van der Waals surface area contributed by atoms with Crippen molar-refractivity contribution in [2.45, 2.75) is 58.5 Å². The van der Waals surface area contributed by atoms with Crippen LogP contribution in [0.4, 0.5) is 0 Å². The predicted octanol–water partition coefficient (Wildman–Crippen LogP) is 2.25. The molecule has 1 N–H and O–H groups in total. The van der Waals surface area contributed by atoms with Crippen molar-refractivity contribution < 1.29 is 0 Å². The van der Waals surface area contributed by atoms with E-state index in [9.17, 15) is 0 Å². The van der Waals surface area contributed by atoms with Gasteiger partial charge in [-0.1, -0.05) is 20.8 Å². The van der Waals surface area contributed by atoms with E-state index in [-0.39, 0.29) is 0 Å². The van der Waals surface area contributed by atoms with E-state index < -0.39 is 0 Å². The van der Waals surface area contributed by atoms with Crippen LogP contribution in [-0.2, 0) is 0 Å². The fourth-order valence-corrected chi connectivity index (χ4v) is 2.67. The molecule has 1 rings (SSSR count). The maximum Gasteiger partial charge on any atom is 0.00961 e. The standard InChI is InChI=1S/C12H26N2/c1-4-13-11-7-9-12(10-8-11)14(5-2)6-3/h11-13H,4-10H2,1-3H3. The smallest absolute Gasteiger partial charge is 0.00961 e. The maximum atomic E-state index is 3.56. The first-order chi connectivity index (χ1) is 6.81. The second kappa shape index (κ2) is 6.41. The monoisotopic (exact) mass is 198 g/mol. The summed E-state index contributed by atoms with van der Waals surface area (Å²) in [4.78, 5) is 2.61. The van der Waals surface area contributed by atoms with Crippen molar-refractivity contribution in [1.82, 2.24) is 10.2 Å². The Morgan fingerprint density at radius 3 is 2.00 bits per heavy atom. The number of nitrogens with one attached hydrogen (secondary N) is 1. The van der Waals surface area contributed by atoms with Crippen molar-refractivity contribution in [3.63, 3.8) is 0 Å². The minimum Gasteiger partial charge on any atom is -0.314 e. The highest BCUT2D eigenvalue weighted by Gasteiger charge is 2.23. The molecule has 0 radical (unpaired) electrons. The van der Waals surface area contributed by atoms with Gasteiger partial charge in [0, 0.05) is 12.1 Å². The van der Waals surface area contributed by atoms with E-state index in [0.717, 1.165) is 18.6 Å². The number of nitrogens with zero attached hydrogens (tertiary/aromatic N) is 1. The van der Waals surface area contributed by atoms with Gasteiger partial charge in [0.1, 0.15) is 0 Å². The molecule has 14 heavy (non-hydrogen) atoms. The van der Waals surface area contributed by atoms with Crippen molar-refractivity contribution in [2.24, 2.45) is 0 Å². The summed E-state index contributed by atoms with van der Waals surface area (Å²) in [5, 5.41) is 3.56. The SMILES string of the molecule is CCNC1CCC(N(CC)CC)CC1. The molecule has 1 aliphatic rings. The van der Waals surface area contributed by atoms with E-state index in [4.69, 9.17) is 0 Å². The van der Waals surface area contributed by atoms with Crippen molar-refractivity contribution in [2.75, 3.05) is 19.6 Å². The van der Waals surface area contributed by atoms with Gasteiger partial charge in [0.2, 0.25) is 0 Å². The van der Waals surface area contributed by atoms with Gasteiger partial charge in [-0.25, -0.2) is 0 Å². The molecule has 0 atom stereocenters. The van der Waals surface area contributed by atoms with Gasteiger partial charge >= 0.3 is 0 Å². The highest BCUT2D eigenvalue weighted by Crippen LogP contribution is 2.22. The average Bonchev–Trinajstić information content (AvgIpc) is 2.23. The Morgan fingerprint density at radius 1 is 1.00 bits per heavy atom. The summed E-state index contributed by atoms with van der Waals surface area (Å²) in [6, 6.07) is 1.66. The topological polar surface area (TPSA) is 15.3 Å². The van der Waals surface area contributed by atoms with Crippen LogP contribution in [0.25, 0.3) is 0 Å². The Kier molecular flexibility index (Phi) is 5.49. The Morgan fingerprint density at radius 2 is 1.57 bits per heavy atom. The Bertz CT molecular complexity index is 135. The van der Waals surface area contributed by atoms with Gasteiger partial charge in [0.05, 0.1) is 0 Å². The van der Waals surface area contributed by atoms with E-state index in [0.29, 0.717) is 0 Å². The maximum absolute atomic E-state index is 3.56. The molecule has 0 heterocycles. The summed E-state index contributed by atoms with van der Waals surface area (Å²) in [7, 11) is 0. The Labute approximate surface area is 89.1 Å². The van der Waals surface area contributed by atoms with Gasteiger partial charge in [-0.15, -0.1) is 0 Å². The summed E-state index contributed by atoms with van der Waals surface area (Å²) in [5.74, 6) is 0. The van der Waals surface area contributed by atoms with E-state index in [1.165, 1.54) is 38.8 Å². The first kappa shape index (κ1) is 12.0. The first-order valence-electron chi connectivity index (χ1n) is 6.29. The Balaban J connectivity index is 2.27. The molecule has 0 aliphatic heterocycles. The summed E-state index contributed by atoms with van der Waals surface area (Å²) in [6.07, 6.45) is 5.52. The summed E-state index contributed by atoms with van der Waals surface area (Å²) in [6.45, 7) is 10.3. The fourth-order valence-electron chi connectivity index (χ4n) is 2.67. The van der Waals surface area contributed by atoms with Gasteiger partial charge in [-0.3, -0.25) is 0 Å². The fraction of sp³-hybridized carbons (Fsp3) is 1.00. The molecule has 0 amide bonds. The van der Waals surface area contributed by atoms with Crippen molar-refractivity contribution in [1.29, 1.82) is 0 Å². The molecule has 0 unspecified atom stereocenters. The van der Waals surface area contributed by atoms with Gasteiger partial charge in [-0.05, 0) is 45.3 Å². The lowest BCUT2D eigenvalue weighted by molar-refractivity contribution is 0.157. The second-order valence-electron chi connectivity index (χ2n) is 4.28. The van der Waals surface area contributed by atoms with E-state index in [1.807, 2.05) is 0 Å². The molecule has 0 bridgehead atoms. The molecule has 84 valence electrons. The molecule has 1 fully saturated rings. The number of rotatable bonds is 5. The zero-order chi connectivity index (χ0) is 10.4. The molecule has 2 nitrogen and oxygen atoms in total. The first-order valence-corrected chi connectivity index (χ1v) is 6.29. The van der Waals surface area contributed by atoms with Crippen molar-refractivity contribution in [3.8, 4) is 0 Å². The Hall–Kier alpha value is -0.0800. The van der Waals surface area contributed by atoms with Crippen LogP contribution >= 0.6 is 0 Å². The van der Waals surface area contributed by atoms with Crippen LogP contribution in [-0.4, -0.2) is 36.6 Å². The zero-order valence-electron chi connectivity index (χ0n) is 10.1. The third kappa shape index (κ3) is 3.25. The molecule has 0 aromatic carbocycles. The predicted molar refractivity (Wildman–Crippen MR) is 62.6 cm³/mol. The van der Waals surface area contributed by atoms with E-state index in [1.54, 1.807) is 0 Å². The lowest BCUT2D eigenvalue weighted by Gasteiger charge is -2.36.